The van der Waals surface area contributed by atoms with Gasteiger partial charge in [0.05, 0.1) is 6.54 Å². The van der Waals surface area contributed by atoms with Crippen LogP contribution in [-0.4, -0.2) is 12.5 Å². The summed E-state index contributed by atoms with van der Waals surface area (Å²) in [5.74, 6) is 6.19. The minimum atomic E-state index is 0.140. The highest BCUT2D eigenvalue weighted by molar-refractivity contribution is 5.93. The summed E-state index contributed by atoms with van der Waals surface area (Å²) in [7, 11) is 0. The standard InChI is InChI=1S/C15H18N2O/c1-11-10-14(8-7-12(11)6-3-9-16)17-15(18)13-4-2-5-13/h7-8,10,13H,2,4-5,9,16H2,1H3,(H,17,18). The summed E-state index contributed by atoms with van der Waals surface area (Å²) in [4.78, 5) is 11.8. The Kier molecular flexibility index (Phi) is 4.01. The topological polar surface area (TPSA) is 55.1 Å². The van der Waals surface area contributed by atoms with Crippen LogP contribution in [0.3, 0.4) is 0 Å². The predicted molar refractivity (Wildman–Crippen MR) is 73.1 cm³/mol. The fourth-order valence-corrected chi connectivity index (χ4v) is 1.94. The molecule has 1 fully saturated rings. The lowest BCUT2D eigenvalue weighted by molar-refractivity contribution is -0.122. The quantitative estimate of drug-likeness (QED) is 0.780. The second-order valence-corrected chi connectivity index (χ2v) is 4.65. The van der Waals surface area contributed by atoms with E-state index in [1.165, 1.54) is 6.42 Å². The van der Waals surface area contributed by atoms with Crippen molar-refractivity contribution in [1.82, 2.24) is 0 Å². The Bertz CT molecular complexity index is 507. The van der Waals surface area contributed by atoms with Crippen molar-refractivity contribution in [2.75, 3.05) is 11.9 Å². The van der Waals surface area contributed by atoms with Crippen LogP contribution in [0.1, 0.15) is 30.4 Å². The maximum absolute atomic E-state index is 11.8. The summed E-state index contributed by atoms with van der Waals surface area (Å²) in [5.41, 5.74) is 8.21. The van der Waals surface area contributed by atoms with Crippen LogP contribution in [0.15, 0.2) is 18.2 Å². The van der Waals surface area contributed by atoms with Crippen LogP contribution in [-0.2, 0) is 4.79 Å². The van der Waals surface area contributed by atoms with Gasteiger partial charge in [0, 0.05) is 17.2 Å². The Morgan fingerprint density at radius 1 is 1.50 bits per heavy atom. The monoisotopic (exact) mass is 242 g/mol. The Morgan fingerprint density at radius 3 is 2.83 bits per heavy atom. The number of carbonyl (C=O) groups is 1. The maximum Gasteiger partial charge on any atom is 0.227 e. The van der Waals surface area contributed by atoms with Crippen LogP contribution in [0.4, 0.5) is 5.69 Å². The van der Waals surface area contributed by atoms with E-state index in [1.807, 2.05) is 25.1 Å². The summed E-state index contributed by atoms with van der Waals surface area (Å²) in [6.45, 7) is 2.35. The smallest absolute Gasteiger partial charge is 0.227 e. The van der Waals surface area contributed by atoms with E-state index in [-0.39, 0.29) is 11.8 Å². The van der Waals surface area contributed by atoms with Crippen LogP contribution >= 0.6 is 0 Å². The molecule has 3 heteroatoms. The van der Waals surface area contributed by atoms with Gasteiger partial charge >= 0.3 is 0 Å². The maximum atomic E-state index is 11.8. The lowest BCUT2D eigenvalue weighted by Gasteiger charge is -2.24. The van der Waals surface area contributed by atoms with Gasteiger partial charge in [-0.15, -0.1) is 0 Å². The van der Waals surface area contributed by atoms with Crippen LogP contribution in [0.25, 0.3) is 0 Å². The largest absolute Gasteiger partial charge is 0.326 e. The summed E-state index contributed by atoms with van der Waals surface area (Å²) < 4.78 is 0. The molecule has 94 valence electrons. The summed E-state index contributed by atoms with van der Waals surface area (Å²) in [6.07, 6.45) is 3.21. The fraction of sp³-hybridized carbons (Fsp3) is 0.400. The van der Waals surface area contributed by atoms with Gasteiger partial charge in [-0.2, -0.15) is 0 Å². The van der Waals surface area contributed by atoms with E-state index in [0.29, 0.717) is 6.54 Å². The Balaban J connectivity index is 2.06. The van der Waals surface area contributed by atoms with Crippen molar-refractivity contribution in [3.05, 3.63) is 29.3 Å². The molecule has 0 radical (unpaired) electrons. The third kappa shape index (κ3) is 2.91. The molecule has 1 aliphatic carbocycles. The molecule has 0 bridgehead atoms. The molecule has 1 amide bonds. The molecule has 0 spiro atoms. The summed E-state index contributed by atoms with van der Waals surface area (Å²) >= 11 is 0. The first-order valence-electron chi connectivity index (χ1n) is 6.31. The molecular weight excluding hydrogens is 224 g/mol. The third-order valence-corrected chi connectivity index (χ3v) is 3.30. The molecular formula is C15H18N2O. The minimum absolute atomic E-state index is 0.140. The number of nitrogens with two attached hydrogens (primary N) is 1. The summed E-state index contributed by atoms with van der Waals surface area (Å²) in [5, 5.41) is 2.96. The molecule has 2 rings (SSSR count). The number of benzene rings is 1. The molecule has 0 heterocycles. The van der Waals surface area contributed by atoms with E-state index >= 15 is 0 Å². The Labute approximate surface area is 108 Å². The highest BCUT2D eigenvalue weighted by Gasteiger charge is 2.25. The van der Waals surface area contributed by atoms with Gasteiger partial charge in [-0.3, -0.25) is 4.79 Å². The number of hydrogen-bond acceptors (Lipinski definition) is 2. The van der Waals surface area contributed by atoms with Crippen molar-refractivity contribution in [3.63, 3.8) is 0 Å². The molecule has 0 unspecified atom stereocenters. The molecule has 1 aromatic rings. The van der Waals surface area contributed by atoms with Gasteiger partial charge in [-0.25, -0.2) is 0 Å². The van der Waals surface area contributed by atoms with Crippen LogP contribution in [0, 0.1) is 24.7 Å². The number of nitrogens with one attached hydrogen (secondary N) is 1. The molecule has 0 aliphatic heterocycles. The normalized spacial score (nSPS) is 14.3. The first-order chi connectivity index (χ1) is 8.70. The van der Waals surface area contributed by atoms with Crippen LogP contribution in [0.5, 0.6) is 0 Å². The lowest BCUT2D eigenvalue weighted by atomic mass is 9.85. The zero-order valence-corrected chi connectivity index (χ0v) is 10.6. The van der Waals surface area contributed by atoms with Crippen molar-refractivity contribution in [2.45, 2.75) is 26.2 Å². The summed E-state index contributed by atoms with van der Waals surface area (Å²) in [6, 6.07) is 5.77. The molecule has 0 atom stereocenters. The zero-order chi connectivity index (χ0) is 13.0. The second kappa shape index (κ2) is 5.70. The SMILES string of the molecule is Cc1cc(NC(=O)C2CCC2)ccc1C#CCN. The van der Waals surface area contributed by atoms with E-state index in [2.05, 4.69) is 17.2 Å². The number of rotatable bonds is 2. The highest BCUT2D eigenvalue weighted by atomic mass is 16.1. The number of hydrogen-bond donors (Lipinski definition) is 2. The van der Waals surface area contributed by atoms with Crippen molar-refractivity contribution in [2.24, 2.45) is 11.7 Å². The van der Waals surface area contributed by atoms with Gasteiger partial charge in [0.25, 0.3) is 0 Å². The Hall–Kier alpha value is -1.79. The first-order valence-corrected chi connectivity index (χ1v) is 6.31. The zero-order valence-electron chi connectivity index (χ0n) is 10.6. The third-order valence-electron chi connectivity index (χ3n) is 3.30. The average Bonchev–Trinajstić information content (AvgIpc) is 2.25. The van der Waals surface area contributed by atoms with Crippen molar-refractivity contribution in [3.8, 4) is 11.8 Å². The van der Waals surface area contributed by atoms with Gasteiger partial charge in [0.15, 0.2) is 0 Å². The van der Waals surface area contributed by atoms with Gasteiger partial charge < -0.3 is 11.1 Å². The first kappa shape index (κ1) is 12.7. The van der Waals surface area contributed by atoms with E-state index < -0.39 is 0 Å². The van der Waals surface area contributed by atoms with E-state index in [9.17, 15) is 4.79 Å². The molecule has 0 aromatic heterocycles. The molecule has 0 saturated heterocycles. The average molecular weight is 242 g/mol. The number of anilines is 1. The van der Waals surface area contributed by atoms with Crippen molar-refractivity contribution >= 4 is 11.6 Å². The Morgan fingerprint density at radius 2 is 2.28 bits per heavy atom. The highest BCUT2D eigenvalue weighted by Crippen LogP contribution is 2.27. The molecule has 1 saturated carbocycles. The lowest BCUT2D eigenvalue weighted by Crippen LogP contribution is -2.28. The van der Waals surface area contributed by atoms with E-state index in [0.717, 1.165) is 29.7 Å². The minimum Gasteiger partial charge on any atom is -0.326 e. The predicted octanol–water partition coefficient (Wildman–Crippen LogP) is 2.04. The number of carbonyl (C=O) groups excluding carboxylic acids is 1. The molecule has 3 nitrogen and oxygen atoms in total. The van der Waals surface area contributed by atoms with Crippen LogP contribution < -0.4 is 11.1 Å². The number of amides is 1. The van der Waals surface area contributed by atoms with Gasteiger partial charge in [-0.1, -0.05) is 18.3 Å². The second-order valence-electron chi connectivity index (χ2n) is 4.65. The van der Waals surface area contributed by atoms with E-state index in [1.54, 1.807) is 0 Å². The fourth-order valence-electron chi connectivity index (χ4n) is 1.94. The number of aryl methyl sites for hydroxylation is 1. The molecule has 18 heavy (non-hydrogen) atoms. The molecule has 1 aliphatic rings. The van der Waals surface area contributed by atoms with Gasteiger partial charge in [-0.05, 0) is 43.5 Å². The molecule has 3 N–H and O–H groups in total. The van der Waals surface area contributed by atoms with Crippen molar-refractivity contribution < 1.29 is 4.79 Å². The van der Waals surface area contributed by atoms with Crippen molar-refractivity contribution in [1.29, 1.82) is 0 Å². The van der Waals surface area contributed by atoms with Crippen LogP contribution in [0.2, 0.25) is 0 Å². The van der Waals surface area contributed by atoms with Gasteiger partial charge in [0.1, 0.15) is 0 Å². The van der Waals surface area contributed by atoms with E-state index in [4.69, 9.17) is 5.73 Å². The molecule has 1 aromatic carbocycles. The van der Waals surface area contributed by atoms with Gasteiger partial charge in [0.2, 0.25) is 5.91 Å².